The lowest BCUT2D eigenvalue weighted by Crippen LogP contribution is -2.09. The van der Waals surface area contributed by atoms with Crippen LogP contribution in [0.5, 0.6) is 0 Å². The SMILES string of the molecule is CCn1c(C)cc(C(=O)OCc2cc(=O)oc3cc(Br)ccc23)c1C. The molecule has 6 heteroatoms. The molecule has 5 nitrogen and oxygen atoms in total. The van der Waals surface area contributed by atoms with Gasteiger partial charge in [0, 0.05) is 39.4 Å². The number of aromatic nitrogens is 1. The first kappa shape index (κ1) is 17.5. The van der Waals surface area contributed by atoms with Crippen molar-refractivity contribution in [3.05, 3.63) is 67.7 Å². The maximum Gasteiger partial charge on any atom is 0.340 e. The zero-order valence-corrected chi connectivity index (χ0v) is 15.8. The van der Waals surface area contributed by atoms with Crippen molar-refractivity contribution in [2.45, 2.75) is 33.9 Å². The van der Waals surface area contributed by atoms with E-state index in [2.05, 4.69) is 20.5 Å². The summed E-state index contributed by atoms with van der Waals surface area (Å²) in [5.41, 5.74) is 3.05. The topological polar surface area (TPSA) is 61.4 Å². The van der Waals surface area contributed by atoms with Crippen LogP contribution in [0.15, 0.2) is 44.0 Å². The standard InChI is InChI=1S/C19H18BrNO4/c1-4-21-11(2)7-16(12(21)3)19(23)24-10-13-8-18(22)25-17-9-14(20)5-6-15(13)17/h5-9H,4,10H2,1-3H3. The maximum atomic E-state index is 12.5. The number of rotatable bonds is 4. The van der Waals surface area contributed by atoms with E-state index in [9.17, 15) is 9.59 Å². The highest BCUT2D eigenvalue weighted by atomic mass is 79.9. The Kier molecular flexibility index (Phi) is 4.81. The summed E-state index contributed by atoms with van der Waals surface area (Å²) in [6.45, 7) is 6.70. The second kappa shape index (κ2) is 6.88. The number of aryl methyl sites for hydroxylation is 1. The van der Waals surface area contributed by atoms with Crippen LogP contribution in [0.4, 0.5) is 0 Å². The number of hydrogen-bond acceptors (Lipinski definition) is 4. The molecule has 0 saturated carbocycles. The number of hydrogen-bond donors (Lipinski definition) is 0. The van der Waals surface area contributed by atoms with Gasteiger partial charge in [-0.25, -0.2) is 9.59 Å². The van der Waals surface area contributed by atoms with Gasteiger partial charge in [0.15, 0.2) is 0 Å². The molecule has 0 radical (unpaired) electrons. The summed E-state index contributed by atoms with van der Waals surface area (Å²) >= 11 is 3.35. The van der Waals surface area contributed by atoms with Gasteiger partial charge in [-0.2, -0.15) is 0 Å². The molecule has 0 aliphatic rings. The van der Waals surface area contributed by atoms with Crippen LogP contribution in [-0.4, -0.2) is 10.5 Å². The fourth-order valence-electron chi connectivity index (χ4n) is 3.04. The highest BCUT2D eigenvalue weighted by Gasteiger charge is 2.17. The highest BCUT2D eigenvalue weighted by Crippen LogP contribution is 2.23. The Labute approximate surface area is 153 Å². The second-order valence-corrected chi connectivity index (χ2v) is 6.75. The van der Waals surface area contributed by atoms with E-state index in [0.29, 0.717) is 16.7 Å². The molecule has 3 aromatic rings. The molecule has 0 aliphatic carbocycles. The summed E-state index contributed by atoms with van der Waals surface area (Å²) in [6.07, 6.45) is 0. The van der Waals surface area contributed by atoms with Crippen molar-refractivity contribution in [1.29, 1.82) is 0 Å². The summed E-state index contributed by atoms with van der Waals surface area (Å²) in [6, 6.07) is 8.59. The van der Waals surface area contributed by atoms with Crippen molar-refractivity contribution in [3.8, 4) is 0 Å². The molecule has 0 aliphatic heterocycles. The predicted molar refractivity (Wildman–Crippen MR) is 98.9 cm³/mol. The van der Waals surface area contributed by atoms with Crippen molar-refractivity contribution in [3.63, 3.8) is 0 Å². The fourth-order valence-corrected chi connectivity index (χ4v) is 3.38. The second-order valence-electron chi connectivity index (χ2n) is 5.84. The first-order valence-electron chi connectivity index (χ1n) is 7.97. The molecule has 0 atom stereocenters. The number of halogens is 1. The number of ether oxygens (including phenoxy) is 1. The van der Waals surface area contributed by atoms with Crippen molar-refractivity contribution in [1.82, 2.24) is 4.57 Å². The monoisotopic (exact) mass is 403 g/mol. The Hall–Kier alpha value is -2.34. The van der Waals surface area contributed by atoms with E-state index in [1.807, 2.05) is 39.0 Å². The molecule has 0 N–H and O–H groups in total. The third kappa shape index (κ3) is 3.39. The summed E-state index contributed by atoms with van der Waals surface area (Å²) in [5, 5.41) is 0.745. The Morgan fingerprint density at radius 2 is 2.00 bits per heavy atom. The number of nitrogens with zero attached hydrogens (tertiary/aromatic N) is 1. The van der Waals surface area contributed by atoms with E-state index in [-0.39, 0.29) is 6.61 Å². The van der Waals surface area contributed by atoms with Crippen LogP contribution in [-0.2, 0) is 17.9 Å². The zero-order chi connectivity index (χ0) is 18.1. The van der Waals surface area contributed by atoms with E-state index in [0.717, 1.165) is 27.8 Å². The molecule has 2 aromatic heterocycles. The first-order valence-corrected chi connectivity index (χ1v) is 8.76. The normalized spacial score (nSPS) is 11.0. The van der Waals surface area contributed by atoms with Crippen molar-refractivity contribution >= 4 is 32.9 Å². The van der Waals surface area contributed by atoms with Crippen LogP contribution >= 0.6 is 15.9 Å². The van der Waals surface area contributed by atoms with Gasteiger partial charge in [-0.05, 0) is 45.0 Å². The molecule has 0 spiro atoms. The van der Waals surface area contributed by atoms with E-state index in [1.165, 1.54) is 6.07 Å². The molecule has 130 valence electrons. The van der Waals surface area contributed by atoms with Crippen LogP contribution in [0.2, 0.25) is 0 Å². The Balaban J connectivity index is 1.88. The molecular formula is C19H18BrNO4. The summed E-state index contributed by atoms with van der Waals surface area (Å²) in [7, 11) is 0. The van der Waals surface area contributed by atoms with Crippen molar-refractivity contribution < 1.29 is 13.9 Å². The molecule has 3 rings (SSSR count). The minimum Gasteiger partial charge on any atom is -0.457 e. The molecule has 25 heavy (non-hydrogen) atoms. The molecular weight excluding hydrogens is 386 g/mol. The Bertz CT molecular complexity index is 1020. The number of carbonyl (C=O) groups excluding carboxylic acids is 1. The lowest BCUT2D eigenvalue weighted by Gasteiger charge is -2.08. The summed E-state index contributed by atoms with van der Waals surface area (Å²) in [5.74, 6) is -0.397. The van der Waals surface area contributed by atoms with Gasteiger partial charge in [0.25, 0.3) is 0 Å². The van der Waals surface area contributed by atoms with Gasteiger partial charge in [0.05, 0.1) is 5.56 Å². The van der Waals surface area contributed by atoms with Crippen LogP contribution < -0.4 is 5.63 Å². The number of fused-ring (bicyclic) bond motifs is 1. The lowest BCUT2D eigenvalue weighted by atomic mass is 10.1. The Morgan fingerprint density at radius 3 is 2.68 bits per heavy atom. The van der Waals surface area contributed by atoms with Gasteiger partial charge in [0.2, 0.25) is 0 Å². The van der Waals surface area contributed by atoms with Crippen LogP contribution in [0.25, 0.3) is 11.0 Å². The number of carbonyl (C=O) groups is 1. The predicted octanol–water partition coefficient (Wildman–Crippen LogP) is 4.35. The Morgan fingerprint density at radius 1 is 1.24 bits per heavy atom. The van der Waals surface area contributed by atoms with Crippen LogP contribution in [0.1, 0.15) is 34.2 Å². The van der Waals surface area contributed by atoms with Gasteiger partial charge in [-0.15, -0.1) is 0 Å². The van der Waals surface area contributed by atoms with Crippen molar-refractivity contribution in [2.75, 3.05) is 0 Å². The lowest BCUT2D eigenvalue weighted by molar-refractivity contribution is 0.0473. The average molecular weight is 404 g/mol. The average Bonchev–Trinajstić information content (AvgIpc) is 2.85. The van der Waals surface area contributed by atoms with E-state index >= 15 is 0 Å². The molecule has 0 unspecified atom stereocenters. The van der Waals surface area contributed by atoms with E-state index in [4.69, 9.17) is 9.15 Å². The zero-order valence-electron chi connectivity index (χ0n) is 14.3. The third-order valence-corrected chi connectivity index (χ3v) is 4.75. The minimum atomic E-state index is -0.471. The largest absolute Gasteiger partial charge is 0.457 e. The highest BCUT2D eigenvalue weighted by molar-refractivity contribution is 9.10. The number of esters is 1. The molecule has 0 amide bonds. The van der Waals surface area contributed by atoms with E-state index in [1.54, 1.807) is 6.07 Å². The molecule has 0 fully saturated rings. The van der Waals surface area contributed by atoms with Crippen molar-refractivity contribution in [2.24, 2.45) is 0 Å². The molecule has 0 bridgehead atoms. The van der Waals surface area contributed by atoms with E-state index < -0.39 is 11.6 Å². The first-order chi connectivity index (χ1) is 11.9. The van der Waals surface area contributed by atoms with Crippen LogP contribution in [0.3, 0.4) is 0 Å². The van der Waals surface area contributed by atoms with Crippen LogP contribution in [0, 0.1) is 13.8 Å². The summed E-state index contributed by atoms with van der Waals surface area (Å²) < 4.78 is 13.5. The van der Waals surface area contributed by atoms with Gasteiger partial charge < -0.3 is 13.7 Å². The number of benzene rings is 1. The molecule has 0 saturated heterocycles. The molecule has 2 heterocycles. The quantitative estimate of drug-likeness (QED) is 0.479. The third-order valence-electron chi connectivity index (χ3n) is 4.26. The minimum absolute atomic E-state index is 0.0123. The van der Waals surface area contributed by atoms with Gasteiger partial charge in [-0.3, -0.25) is 0 Å². The fraction of sp³-hybridized carbons (Fsp3) is 0.263. The maximum absolute atomic E-state index is 12.5. The summed E-state index contributed by atoms with van der Waals surface area (Å²) in [4.78, 5) is 24.2. The van der Waals surface area contributed by atoms with Gasteiger partial charge in [-0.1, -0.05) is 15.9 Å². The smallest absolute Gasteiger partial charge is 0.340 e. The molecule has 1 aromatic carbocycles. The van der Waals surface area contributed by atoms with Gasteiger partial charge >= 0.3 is 11.6 Å². The van der Waals surface area contributed by atoms with Gasteiger partial charge in [0.1, 0.15) is 12.2 Å².